The summed E-state index contributed by atoms with van der Waals surface area (Å²) in [5, 5.41) is 3.90. The van der Waals surface area contributed by atoms with Gasteiger partial charge in [-0.05, 0) is 31.0 Å². The molecule has 1 fully saturated rings. The summed E-state index contributed by atoms with van der Waals surface area (Å²) < 4.78 is 12.0. The molecule has 1 N–H and O–H groups in total. The summed E-state index contributed by atoms with van der Waals surface area (Å²) in [5.74, 6) is 1.31. The Bertz CT molecular complexity index is 377. The Morgan fingerprint density at radius 1 is 1.47 bits per heavy atom. The van der Waals surface area contributed by atoms with E-state index in [9.17, 15) is 4.21 Å². The number of hydrogen-bond acceptors (Lipinski definition) is 3. The molecule has 2 rings (SSSR count). The van der Waals surface area contributed by atoms with E-state index in [1.807, 2.05) is 6.07 Å². The van der Waals surface area contributed by atoms with Crippen LogP contribution in [0.1, 0.15) is 24.8 Å². The van der Waals surface area contributed by atoms with Gasteiger partial charge in [0, 0.05) is 28.8 Å². The van der Waals surface area contributed by atoms with E-state index in [-0.39, 0.29) is 0 Å². The van der Waals surface area contributed by atoms with E-state index in [1.165, 1.54) is 12.8 Å². The van der Waals surface area contributed by atoms with Crippen molar-refractivity contribution in [3.8, 4) is 0 Å². The molecular formula is C12H17ClN2OS. The van der Waals surface area contributed by atoms with Crippen LogP contribution in [0, 0.1) is 0 Å². The van der Waals surface area contributed by atoms with Crippen LogP contribution in [-0.4, -0.2) is 27.5 Å². The first-order valence-corrected chi connectivity index (χ1v) is 7.79. The van der Waals surface area contributed by atoms with Crippen molar-refractivity contribution in [1.29, 1.82) is 0 Å². The number of piperidine rings is 1. The van der Waals surface area contributed by atoms with Crippen LogP contribution in [0.15, 0.2) is 18.3 Å². The maximum atomic E-state index is 12.0. The molecule has 17 heavy (non-hydrogen) atoms. The van der Waals surface area contributed by atoms with Crippen LogP contribution in [0.2, 0.25) is 5.15 Å². The average Bonchev–Trinajstić information content (AvgIpc) is 2.33. The van der Waals surface area contributed by atoms with Crippen molar-refractivity contribution in [3.63, 3.8) is 0 Å². The van der Waals surface area contributed by atoms with Gasteiger partial charge < -0.3 is 5.32 Å². The summed E-state index contributed by atoms with van der Waals surface area (Å²) in [6, 6.07) is 4.05. The topological polar surface area (TPSA) is 42.0 Å². The average molecular weight is 273 g/mol. The minimum Gasteiger partial charge on any atom is -0.313 e. The first-order valence-electron chi connectivity index (χ1n) is 5.93. The van der Waals surface area contributed by atoms with E-state index < -0.39 is 10.8 Å². The molecule has 0 saturated carbocycles. The van der Waals surface area contributed by atoms with Crippen LogP contribution in [0.4, 0.5) is 0 Å². The molecular weight excluding hydrogens is 256 g/mol. The van der Waals surface area contributed by atoms with Crippen molar-refractivity contribution in [2.75, 3.05) is 12.3 Å². The fraction of sp³-hybridized carbons (Fsp3) is 0.583. The zero-order chi connectivity index (χ0) is 12.1. The Hall–Kier alpha value is -0.450. The monoisotopic (exact) mass is 272 g/mol. The lowest BCUT2D eigenvalue weighted by Gasteiger charge is -2.22. The van der Waals surface area contributed by atoms with Gasteiger partial charge in [0.05, 0.1) is 5.75 Å². The quantitative estimate of drug-likeness (QED) is 0.854. The van der Waals surface area contributed by atoms with Gasteiger partial charge in [0.1, 0.15) is 5.15 Å². The summed E-state index contributed by atoms with van der Waals surface area (Å²) >= 11 is 5.71. The van der Waals surface area contributed by atoms with E-state index in [1.54, 1.807) is 12.3 Å². The number of halogens is 1. The van der Waals surface area contributed by atoms with Gasteiger partial charge in [0.15, 0.2) is 0 Å². The van der Waals surface area contributed by atoms with Crippen LogP contribution >= 0.6 is 11.6 Å². The van der Waals surface area contributed by atoms with E-state index in [0.29, 0.717) is 16.9 Å². The molecule has 0 spiro atoms. The highest BCUT2D eigenvalue weighted by Crippen LogP contribution is 2.11. The second-order valence-electron chi connectivity index (χ2n) is 4.39. The van der Waals surface area contributed by atoms with E-state index in [2.05, 4.69) is 10.3 Å². The number of pyridine rings is 1. The molecule has 3 nitrogen and oxygen atoms in total. The van der Waals surface area contributed by atoms with Crippen molar-refractivity contribution in [1.82, 2.24) is 10.3 Å². The normalized spacial score (nSPS) is 22.3. The molecule has 2 heterocycles. The highest BCUT2D eigenvalue weighted by atomic mass is 35.5. The lowest BCUT2D eigenvalue weighted by molar-refractivity contribution is 0.427. The number of nitrogens with one attached hydrogen (secondary N) is 1. The molecule has 0 aliphatic carbocycles. The van der Waals surface area contributed by atoms with Gasteiger partial charge in [-0.15, -0.1) is 0 Å². The fourth-order valence-electron chi connectivity index (χ4n) is 2.03. The Kier molecular flexibility index (Phi) is 4.95. The molecule has 0 amide bonds. The third kappa shape index (κ3) is 4.37. The van der Waals surface area contributed by atoms with Crippen LogP contribution in [0.5, 0.6) is 0 Å². The minimum absolute atomic E-state index is 0.421. The summed E-state index contributed by atoms with van der Waals surface area (Å²) in [5.41, 5.74) is 0.989. The minimum atomic E-state index is -0.821. The van der Waals surface area contributed by atoms with Crippen molar-refractivity contribution >= 4 is 22.4 Å². The maximum Gasteiger partial charge on any atom is 0.129 e. The lowest BCUT2D eigenvalue weighted by Crippen LogP contribution is -2.38. The molecule has 1 aromatic heterocycles. The van der Waals surface area contributed by atoms with E-state index in [0.717, 1.165) is 24.3 Å². The highest BCUT2D eigenvalue weighted by Gasteiger charge is 2.15. The fourth-order valence-corrected chi connectivity index (χ4v) is 3.53. The van der Waals surface area contributed by atoms with Gasteiger partial charge in [0.2, 0.25) is 0 Å². The number of aromatic nitrogens is 1. The van der Waals surface area contributed by atoms with Crippen molar-refractivity contribution in [2.24, 2.45) is 0 Å². The second-order valence-corrected chi connectivity index (χ2v) is 6.28. The molecule has 0 aromatic carbocycles. The van der Waals surface area contributed by atoms with Gasteiger partial charge in [-0.1, -0.05) is 24.1 Å². The molecule has 0 unspecified atom stereocenters. The third-order valence-corrected chi connectivity index (χ3v) is 4.57. The zero-order valence-corrected chi connectivity index (χ0v) is 11.3. The van der Waals surface area contributed by atoms with Crippen LogP contribution in [0.25, 0.3) is 0 Å². The maximum absolute atomic E-state index is 12.0. The van der Waals surface area contributed by atoms with Crippen molar-refractivity contribution in [3.05, 3.63) is 29.0 Å². The van der Waals surface area contributed by atoms with Crippen LogP contribution < -0.4 is 5.32 Å². The third-order valence-electron chi connectivity index (χ3n) is 2.92. The van der Waals surface area contributed by atoms with Gasteiger partial charge in [-0.3, -0.25) is 4.21 Å². The van der Waals surface area contributed by atoms with Crippen LogP contribution in [0.3, 0.4) is 0 Å². The molecule has 0 bridgehead atoms. The van der Waals surface area contributed by atoms with Crippen LogP contribution in [-0.2, 0) is 16.6 Å². The summed E-state index contributed by atoms with van der Waals surface area (Å²) in [6.07, 6.45) is 5.33. The second kappa shape index (κ2) is 6.47. The predicted octanol–water partition coefficient (Wildman–Crippen LogP) is 2.13. The van der Waals surface area contributed by atoms with Gasteiger partial charge >= 0.3 is 0 Å². The smallest absolute Gasteiger partial charge is 0.129 e. The number of hydrogen-bond donors (Lipinski definition) is 1. The molecule has 1 aromatic rings. The molecule has 1 aliphatic rings. The summed E-state index contributed by atoms with van der Waals surface area (Å²) in [6.45, 7) is 1.06. The number of nitrogens with zero attached hydrogens (tertiary/aromatic N) is 1. The SMILES string of the molecule is O=[S@](Cc1ccc(Cl)nc1)C[C@H]1CCCCN1. The predicted molar refractivity (Wildman–Crippen MR) is 71.6 cm³/mol. The summed E-state index contributed by atoms with van der Waals surface area (Å²) in [7, 11) is -0.821. The Balaban J connectivity index is 1.82. The molecule has 1 aliphatic heterocycles. The molecule has 0 radical (unpaired) electrons. The first kappa shape index (κ1) is 13.0. The number of rotatable bonds is 4. The van der Waals surface area contributed by atoms with Gasteiger partial charge in [-0.25, -0.2) is 4.98 Å². The zero-order valence-electron chi connectivity index (χ0n) is 9.69. The van der Waals surface area contributed by atoms with Crippen molar-refractivity contribution in [2.45, 2.75) is 31.1 Å². The largest absolute Gasteiger partial charge is 0.313 e. The Morgan fingerprint density at radius 2 is 2.35 bits per heavy atom. The Morgan fingerprint density at radius 3 is 3.00 bits per heavy atom. The molecule has 1 saturated heterocycles. The molecule has 2 atom stereocenters. The van der Waals surface area contributed by atoms with E-state index in [4.69, 9.17) is 11.6 Å². The van der Waals surface area contributed by atoms with Gasteiger partial charge in [-0.2, -0.15) is 0 Å². The molecule has 94 valence electrons. The Labute approximate surface area is 109 Å². The van der Waals surface area contributed by atoms with Crippen molar-refractivity contribution < 1.29 is 4.21 Å². The highest BCUT2D eigenvalue weighted by molar-refractivity contribution is 7.84. The summed E-state index contributed by atoms with van der Waals surface area (Å²) in [4.78, 5) is 3.99. The standard InChI is InChI=1S/C12H17ClN2OS/c13-12-5-4-10(7-15-12)8-17(16)9-11-3-1-2-6-14-11/h4-5,7,11,14H,1-3,6,8-9H2/t11-,17-/m1/s1. The first-order chi connectivity index (χ1) is 8.24. The van der Waals surface area contributed by atoms with E-state index >= 15 is 0 Å². The van der Waals surface area contributed by atoms with Gasteiger partial charge in [0.25, 0.3) is 0 Å². The molecule has 5 heteroatoms. The lowest BCUT2D eigenvalue weighted by atomic mass is 10.1.